The van der Waals surface area contributed by atoms with Crippen molar-refractivity contribution in [3.8, 4) is 0 Å². The van der Waals surface area contributed by atoms with Crippen molar-refractivity contribution >= 4 is 11.6 Å². The van der Waals surface area contributed by atoms with E-state index in [0.29, 0.717) is 0 Å². The zero-order chi connectivity index (χ0) is 13.7. The van der Waals surface area contributed by atoms with Gasteiger partial charge in [0.1, 0.15) is 5.82 Å². The molecule has 19 heavy (non-hydrogen) atoms. The zero-order valence-electron chi connectivity index (χ0n) is 11.4. The van der Waals surface area contributed by atoms with Gasteiger partial charge in [0.05, 0.1) is 5.02 Å². The van der Waals surface area contributed by atoms with Crippen LogP contribution in [-0.2, 0) is 6.42 Å². The van der Waals surface area contributed by atoms with Crippen molar-refractivity contribution in [3.63, 3.8) is 0 Å². The lowest BCUT2D eigenvalue weighted by atomic mass is 9.90. The van der Waals surface area contributed by atoms with Crippen molar-refractivity contribution in [3.05, 3.63) is 34.6 Å². The molecule has 0 spiro atoms. The van der Waals surface area contributed by atoms with Crippen LogP contribution in [0.15, 0.2) is 18.2 Å². The Morgan fingerprint density at radius 3 is 2.53 bits per heavy atom. The summed E-state index contributed by atoms with van der Waals surface area (Å²) in [6.07, 6.45) is 9.94. The number of hydrogen-bond acceptors (Lipinski definition) is 1. The quantitative estimate of drug-likeness (QED) is 0.796. The molecule has 0 radical (unpaired) electrons. The molecule has 0 aromatic heterocycles. The molecule has 0 heterocycles. The first kappa shape index (κ1) is 14.8. The normalized spacial score (nSPS) is 19.1. The first-order valence-electron chi connectivity index (χ1n) is 7.34. The van der Waals surface area contributed by atoms with Crippen LogP contribution in [0.3, 0.4) is 0 Å². The van der Waals surface area contributed by atoms with Crippen LogP contribution in [0.1, 0.15) is 50.5 Å². The molecule has 1 saturated carbocycles. The van der Waals surface area contributed by atoms with Gasteiger partial charge in [-0.25, -0.2) is 4.39 Å². The van der Waals surface area contributed by atoms with Gasteiger partial charge in [-0.2, -0.15) is 0 Å². The van der Waals surface area contributed by atoms with Gasteiger partial charge in [0.25, 0.3) is 0 Å². The van der Waals surface area contributed by atoms with Crippen LogP contribution in [0.5, 0.6) is 0 Å². The van der Waals surface area contributed by atoms with Crippen LogP contribution >= 0.6 is 11.6 Å². The summed E-state index contributed by atoms with van der Waals surface area (Å²) in [7, 11) is 0. The van der Waals surface area contributed by atoms with Gasteiger partial charge in [-0.1, -0.05) is 56.2 Å². The third kappa shape index (κ3) is 4.77. The van der Waals surface area contributed by atoms with E-state index in [1.165, 1.54) is 44.6 Å². The minimum atomic E-state index is -0.359. The lowest BCUT2D eigenvalue weighted by molar-refractivity contribution is 0.387. The van der Waals surface area contributed by atoms with E-state index in [-0.39, 0.29) is 16.9 Å². The molecule has 1 aromatic carbocycles. The lowest BCUT2D eigenvalue weighted by Crippen LogP contribution is -2.26. The maximum absolute atomic E-state index is 13.1. The molecule has 2 rings (SSSR count). The Kier molecular flexibility index (Phi) is 5.65. The molecule has 0 bridgehead atoms. The first-order valence-corrected chi connectivity index (χ1v) is 7.72. The highest BCUT2D eigenvalue weighted by molar-refractivity contribution is 6.30. The monoisotopic (exact) mass is 283 g/mol. The number of halogens is 2. The summed E-state index contributed by atoms with van der Waals surface area (Å²) in [5.74, 6) is 0.413. The zero-order valence-corrected chi connectivity index (χ0v) is 12.1. The van der Waals surface area contributed by atoms with Gasteiger partial charge >= 0.3 is 0 Å². The molecule has 1 unspecified atom stereocenters. The molecule has 106 valence electrons. The van der Waals surface area contributed by atoms with Gasteiger partial charge in [0, 0.05) is 6.04 Å². The van der Waals surface area contributed by atoms with Gasteiger partial charge in [0.15, 0.2) is 0 Å². The minimum absolute atomic E-state index is 0.157. The fourth-order valence-electron chi connectivity index (χ4n) is 3.08. The minimum Gasteiger partial charge on any atom is -0.327 e. The summed E-state index contributed by atoms with van der Waals surface area (Å²) >= 11 is 5.79. The summed E-state index contributed by atoms with van der Waals surface area (Å²) in [5, 5.41) is 0.194. The predicted molar refractivity (Wildman–Crippen MR) is 78.9 cm³/mol. The van der Waals surface area contributed by atoms with Gasteiger partial charge in [0.2, 0.25) is 0 Å². The van der Waals surface area contributed by atoms with Crippen molar-refractivity contribution in [2.24, 2.45) is 11.7 Å². The number of benzene rings is 1. The van der Waals surface area contributed by atoms with Crippen molar-refractivity contribution in [2.45, 2.75) is 57.4 Å². The predicted octanol–water partition coefficient (Wildman–Crippen LogP) is 4.71. The second kappa shape index (κ2) is 7.25. The summed E-state index contributed by atoms with van der Waals surface area (Å²) < 4.78 is 13.1. The average Bonchev–Trinajstić information content (AvgIpc) is 2.62. The molecule has 1 aliphatic carbocycles. The number of hydrogen-bond donors (Lipinski definition) is 1. The second-order valence-corrected chi connectivity index (χ2v) is 6.21. The summed E-state index contributed by atoms with van der Waals surface area (Å²) in [6.45, 7) is 0. The van der Waals surface area contributed by atoms with Gasteiger partial charge in [-0.05, 0) is 36.5 Å². The molecule has 0 amide bonds. The van der Waals surface area contributed by atoms with E-state index in [1.54, 1.807) is 12.1 Å². The Hall–Kier alpha value is -0.600. The topological polar surface area (TPSA) is 26.0 Å². The molecule has 3 heteroatoms. The van der Waals surface area contributed by atoms with Crippen LogP contribution in [0.2, 0.25) is 5.02 Å². The first-order chi connectivity index (χ1) is 9.15. The van der Waals surface area contributed by atoms with Crippen LogP contribution in [0.4, 0.5) is 4.39 Å². The van der Waals surface area contributed by atoms with Crippen LogP contribution in [-0.4, -0.2) is 6.04 Å². The fraction of sp³-hybridized carbons (Fsp3) is 0.625. The molecule has 1 nitrogen and oxygen atoms in total. The second-order valence-electron chi connectivity index (χ2n) is 5.81. The largest absolute Gasteiger partial charge is 0.327 e. The molecule has 1 fully saturated rings. The van der Waals surface area contributed by atoms with E-state index in [4.69, 9.17) is 17.3 Å². The highest BCUT2D eigenvalue weighted by atomic mass is 35.5. The third-order valence-electron chi connectivity index (χ3n) is 4.09. The summed E-state index contributed by atoms with van der Waals surface area (Å²) in [5.41, 5.74) is 7.27. The van der Waals surface area contributed by atoms with Crippen molar-refractivity contribution < 1.29 is 4.39 Å². The van der Waals surface area contributed by atoms with E-state index in [2.05, 4.69) is 0 Å². The van der Waals surface area contributed by atoms with E-state index in [9.17, 15) is 4.39 Å². The highest BCUT2D eigenvalue weighted by Gasteiger charge is 2.16. The van der Waals surface area contributed by atoms with E-state index in [0.717, 1.165) is 24.3 Å². The summed E-state index contributed by atoms with van der Waals surface area (Å²) in [6, 6.07) is 5.07. The molecule has 2 N–H and O–H groups in total. The van der Waals surface area contributed by atoms with Gasteiger partial charge in [-0.15, -0.1) is 0 Å². The fourth-order valence-corrected chi connectivity index (χ4v) is 3.28. The van der Waals surface area contributed by atoms with Crippen LogP contribution < -0.4 is 5.73 Å². The van der Waals surface area contributed by atoms with Crippen LogP contribution in [0.25, 0.3) is 0 Å². The number of rotatable bonds is 4. The molecule has 1 aliphatic rings. The van der Waals surface area contributed by atoms with Crippen LogP contribution in [0, 0.1) is 11.7 Å². The number of nitrogens with two attached hydrogens (primary N) is 1. The molecule has 1 atom stereocenters. The highest BCUT2D eigenvalue weighted by Crippen LogP contribution is 2.27. The Bertz CT molecular complexity index is 400. The third-order valence-corrected chi connectivity index (χ3v) is 4.38. The Morgan fingerprint density at radius 2 is 1.89 bits per heavy atom. The Balaban J connectivity index is 1.85. The molecule has 1 aromatic rings. The summed E-state index contributed by atoms with van der Waals surface area (Å²) in [4.78, 5) is 0. The molecule has 0 saturated heterocycles. The van der Waals surface area contributed by atoms with E-state index < -0.39 is 0 Å². The molecule has 0 aliphatic heterocycles. The van der Waals surface area contributed by atoms with Crippen molar-refractivity contribution in [2.75, 3.05) is 0 Å². The average molecular weight is 284 g/mol. The van der Waals surface area contributed by atoms with Gasteiger partial charge < -0.3 is 5.73 Å². The molecular weight excluding hydrogens is 261 g/mol. The standard InChI is InChI=1S/C16H23ClFN/c17-15-11-13(7-8-16(15)18)10-14(19)9-12-5-3-1-2-4-6-12/h7-8,11-12,14H,1-6,9-10,19H2. The maximum Gasteiger partial charge on any atom is 0.141 e. The van der Waals surface area contributed by atoms with E-state index >= 15 is 0 Å². The Morgan fingerprint density at radius 1 is 1.21 bits per heavy atom. The van der Waals surface area contributed by atoms with Crippen molar-refractivity contribution in [1.29, 1.82) is 0 Å². The molecular formula is C16H23ClFN. The SMILES string of the molecule is NC(Cc1ccc(F)c(Cl)c1)CC1CCCCCC1. The lowest BCUT2D eigenvalue weighted by Gasteiger charge is -2.19. The van der Waals surface area contributed by atoms with E-state index in [1.807, 2.05) is 0 Å². The Labute approximate surface area is 120 Å². The van der Waals surface area contributed by atoms with Gasteiger partial charge in [-0.3, -0.25) is 0 Å². The maximum atomic E-state index is 13.1. The van der Waals surface area contributed by atoms with Crippen molar-refractivity contribution in [1.82, 2.24) is 0 Å². The smallest absolute Gasteiger partial charge is 0.141 e.